The lowest BCUT2D eigenvalue weighted by molar-refractivity contribution is -0.154. The van der Waals surface area contributed by atoms with Crippen LogP contribution in [0.15, 0.2) is 48.6 Å². The van der Waals surface area contributed by atoms with Gasteiger partial charge in [0.1, 0.15) is 12.2 Å². The SMILES string of the molecule is CC/C=C\C/C=C\C/C=C\C/C=C\CCCCCCC(=O)OC(COCCCCCCCCCCCCCCCCCCCC)COP(=O)(O)OCC(O)CO. The first kappa shape index (κ1) is 54.4. The molecule has 0 amide bonds. The molecule has 0 radical (unpaired) electrons. The number of aliphatic hydroxyl groups is 2. The first-order valence-electron chi connectivity index (χ1n) is 22.6. The third-order valence-corrected chi connectivity index (χ3v) is 10.5. The molecular formula is C46H85O9P. The van der Waals surface area contributed by atoms with Crippen LogP contribution in [-0.2, 0) is 27.9 Å². The Labute approximate surface area is 343 Å². The molecule has 3 N–H and O–H groups in total. The molecule has 0 heterocycles. The number of carbonyl (C=O) groups is 1. The average molecular weight is 813 g/mol. The van der Waals surface area contributed by atoms with E-state index < -0.39 is 39.2 Å². The number of phosphoric ester groups is 1. The van der Waals surface area contributed by atoms with Crippen molar-refractivity contribution in [1.29, 1.82) is 0 Å². The summed E-state index contributed by atoms with van der Waals surface area (Å²) >= 11 is 0. The maximum atomic E-state index is 12.6. The third kappa shape index (κ3) is 42.0. The zero-order chi connectivity index (χ0) is 41.1. The lowest BCUT2D eigenvalue weighted by atomic mass is 10.0. The van der Waals surface area contributed by atoms with Gasteiger partial charge in [-0.05, 0) is 51.4 Å². The van der Waals surface area contributed by atoms with Gasteiger partial charge in [-0.1, -0.05) is 184 Å². The van der Waals surface area contributed by atoms with Crippen LogP contribution in [-0.4, -0.2) is 66.3 Å². The van der Waals surface area contributed by atoms with Gasteiger partial charge in [0.05, 0.1) is 26.4 Å². The van der Waals surface area contributed by atoms with E-state index >= 15 is 0 Å². The number of allylic oxidation sites excluding steroid dienone is 8. The van der Waals surface area contributed by atoms with Crippen LogP contribution in [0.4, 0.5) is 0 Å². The molecule has 0 rings (SSSR count). The lowest BCUT2D eigenvalue weighted by Crippen LogP contribution is -2.29. The van der Waals surface area contributed by atoms with Crippen LogP contribution in [0, 0.1) is 0 Å². The Bertz CT molecular complexity index is 1010. The molecule has 0 aliphatic heterocycles. The fraction of sp³-hybridized carbons (Fsp3) is 0.804. The van der Waals surface area contributed by atoms with Crippen LogP contribution in [0.2, 0.25) is 0 Å². The van der Waals surface area contributed by atoms with Crippen molar-refractivity contribution in [3.63, 3.8) is 0 Å². The number of rotatable bonds is 43. The molecule has 0 aliphatic carbocycles. The fourth-order valence-electron chi connectivity index (χ4n) is 6.11. The molecule has 328 valence electrons. The standard InChI is InChI=1S/C46H85O9P/c1-3-5-7-9-11-13-15-17-19-21-23-25-27-29-31-33-35-37-39-52-42-45(43-54-56(50,51)53-41-44(48)40-47)55-46(49)38-36-34-32-30-28-26-24-22-20-18-16-14-12-10-8-6-4-2/h6,8,12,14,18,20,24,26,44-45,47-48H,3-5,7,9-11,13,15-17,19,21-23,25,27-43H2,1-2H3,(H,50,51)/b8-6-,14-12-,20-18-,26-24-. The molecule has 0 saturated carbocycles. The minimum atomic E-state index is -4.52. The summed E-state index contributed by atoms with van der Waals surface area (Å²) in [5.41, 5.74) is 0. The predicted octanol–water partition coefficient (Wildman–Crippen LogP) is 12.6. The summed E-state index contributed by atoms with van der Waals surface area (Å²) in [4.78, 5) is 22.6. The van der Waals surface area contributed by atoms with Gasteiger partial charge in [-0.15, -0.1) is 0 Å². The number of unbranched alkanes of at least 4 members (excludes halogenated alkanes) is 21. The molecule has 0 bridgehead atoms. The molecular weight excluding hydrogens is 727 g/mol. The topological polar surface area (TPSA) is 132 Å². The van der Waals surface area contributed by atoms with Crippen LogP contribution >= 0.6 is 7.82 Å². The van der Waals surface area contributed by atoms with E-state index in [2.05, 4.69) is 62.5 Å². The zero-order valence-corrected chi connectivity index (χ0v) is 36.7. The summed E-state index contributed by atoms with van der Waals surface area (Å²) in [6.07, 6.45) is 47.8. The van der Waals surface area contributed by atoms with Gasteiger partial charge in [-0.2, -0.15) is 0 Å². The average Bonchev–Trinajstić information content (AvgIpc) is 3.19. The molecule has 0 aromatic carbocycles. The first-order valence-corrected chi connectivity index (χ1v) is 24.1. The monoisotopic (exact) mass is 813 g/mol. The molecule has 0 saturated heterocycles. The molecule has 0 aromatic rings. The summed E-state index contributed by atoms with van der Waals surface area (Å²) < 4.78 is 33.4. The van der Waals surface area contributed by atoms with E-state index in [0.717, 1.165) is 70.6 Å². The summed E-state index contributed by atoms with van der Waals surface area (Å²) in [5.74, 6) is -0.404. The van der Waals surface area contributed by atoms with Crippen molar-refractivity contribution in [2.24, 2.45) is 0 Å². The van der Waals surface area contributed by atoms with Crippen LogP contribution in [0.1, 0.15) is 194 Å². The van der Waals surface area contributed by atoms with E-state index in [0.29, 0.717) is 13.0 Å². The number of aliphatic hydroxyl groups excluding tert-OH is 2. The molecule has 0 aliphatic rings. The molecule has 3 unspecified atom stereocenters. The predicted molar refractivity (Wildman–Crippen MR) is 233 cm³/mol. The molecule has 0 aromatic heterocycles. The quantitative estimate of drug-likeness (QED) is 0.0238. The number of ether oxygens (including phenoxy) is 2. The molecule has 3 atom stereocenters. The Morgan fingerprint density at radius 2 is 1.02 bits per heavy atom. The zero-order valence-electron chi connectivity index (χ0n) is 35.8. The molecule has 0 fully saturated rings. The summed E-state index contributed by atoms with van der Waals surface area (Å²) in [7, 11) is -4.52. The maximum Gasteiger partial charge on any atom is 0.472 e. The molecule has 10 heteroatoms. The van der Waals surface area contributed by atoms with Gasteiger partial charge >= 0.3 is 13.8 Å². The van der Waals surface area contributed by atoms with E-state index in [1.54, 1.807) is 0 Å². The van der Waals surface area contributed by atoms with Crippen molar-refractivity contribution < 1.29 is 43.0 Å². The van der Waals surface area contributed by atoms with Crippen molar-refractivity contribution in [3.05, 3.63) is 48.6 Å². The molecule has 9 nitrogen and oxygen atoms in total. The van der Waals surface area contributed by atoms with Crippen molar-refractivity contribution in [2.75, 3.05) is 33.0 Å². The van der Waals surface area contributed by atoms with Gasteiger partial charge in [0.15, 0.2) is 0 Å². The maximum absolute atomic E-state index is 12.6. The van der Waals surface area contributed by atoms with E-state index in [1.807, 2.05) is 0 Å². The van der Waals surface area contributed by atoms with Crippen LogP contribution in [0.3, 0.4) is 0 Å². The number of esters is 1. The Hall–Kier alpha value is -1.58. The minimum Gasteiger partial charge on any atom is -0.457 e. The number of hydrogen-bond donors (Lipinski definition) is 3. The van der Waals surface area contributed by atoms with Gasteiger partial charge in [0, 0.05) is 13.0 Å². The smallest absolute Gasteiger partial charge is 0.457 e. The van der Waals surface area contributed by atoms with Gasteiger partial charge < -0.3 is 24.6 Å². The highest BCUT2D eigenvalue weighted by molar-refractivity contribution is 7.47. The summed E-state index contributed by atoms with van der Waals surface area (Å²) in [6, 6.07) is 0. The lowest BCUT2D eigenvalue weighted by Gasteiger charge is -2.20. The van der Waals surface area contributed by atoms with Gasteiger partial charge in [0.25, 0.3) is 0 Å². The fourth-order valence-corrected chi connectivity index (χ4v) is 6.90. The van der Waals surface area contributed by atoms with Crippen LogP contribution in [0.5, 0.6) is 0 Å². The Balaban J connectivity index is 4.17. The van der Waals surface area contributed by atoms with E-state index in [-0.39, 0.29) is 19.6 Å². The number of hydrogen-bond acceptors (Lipinski definition) is 8. The van der Waals surface area contributed by atoms with Gasteiger partial charge in [0.2, 0.25) is 0 Å². The molecule has 0 spiro atoms. The second-order valence-corrected chi connectivity index (χ2v) is 16.5. The van der Waals surface area contributed by atoms with E-state index in [9.17, 15) is 19.4 Å². The van der Waals surface area contributed by atoms with E-state index in [1.165, 1.54) is 96.3 Å². The minimum absolute atomic E-state index is 0.0405. The normalized spacial score (nSPS) is 14.4. The van der Waals surface area contributed by atoms with Crippen molar-refractivity contribution in [2.45, 2.75) is 206 Å². The number of phosphoric acid groups is 1. The Morgan fingerprint density at radius 3 is 1.54 bits per heavy atom. The second-order valence-electron chi connectivity index (χ2n) is 15.0. The van der Waals surface area contributed by atoms with Gasteiger partial charge in [-0.25, -0.2) is 4.57 Å². The molecule has 56 heavy (non-hydrogen) atoms. The van der Waals surface area contributed by atoms with Gasteiger partial charge in [-0.3, -0.25) is 13.8 Å². The van der Waals surface area contributed by atoms with Crippen molar-refractivity contribution >= 4 is 13.8 Å². The highest BCUT2D eigenvalue weighted by atomic mass is 31.2. The van der Waals surface area contributed by atoms with Crippen LogP contribution < -0.4 is 0 Å². The second kappa shape index (κ2) is 43.0. The van der Waals surface area contributed by atoms with Crippen molar-refractivity contribution in [1.82, 2.24) is 0 Å². The first-order chi connectivity index (χ1) is 27.3. The Kier molecular flexibility index (Phi) is 41.8. The Morgan fingerprint density at radius 1 is 0.571 bits per heavy atom. The third-order valence-electron chi connectivity index (χ3n) is 9.53. The van der Waals surface area contributed by atoms with E-state index in [4.69, 9.17) is 23.6 Å². The largest absolute Gasteiger partial charge is 0.472 e. The number of carbonyl (C=O) groups excluding carboxylic acids is 1. The summed E-state index contributed by atoms with van der Waals surface area (Å²) in [5, 5.41) is 18.4. The summed E-state index contributed by atoms with van der Waals surface area (Å²) in [6.45, 7) is 3.39. The van der Waals surface area contributed by atoms with Crippen molar-refractivity contribution in [3.8, 4) is 0 Å². The highest BCUT2D eigenvalue weighted by Crippen LogP contribution is 2.43. The highest BCUT2D eigenvalue weighted by Gasteiger charge is 2.26. The van der Waals surface area contributed by atoms with Crippen LogP contribution in [0.25, 0.3) is 0 Å².